The van der Waals surface area contributed by atoms with E-state index in [0.29, 0.717) is 148 Å². The number of imidazole rings is 4. The molecule has 34 heteroatoms. The van der Waals surface area contributed by atoms with Crippen molar-refractivity contribution in [3.8, 4) is 114 Å². The van der Waals surface area contributed by atoms with Crippen LogP contribution >= 0.6 is 46.4 Å². The van der Waals surface area contributed by atoms with Crippen LogP contribution in [0.3, 0.4) is 0 Å². The molecule has 4 aliphatic heterocycles. The minimum atomic E-state index is -0.786. The van der Waals surface area contributed by atoms with Gasteiger partial charge in [0, 0.05) is 93.5 Å². The number of fused-ring (bicyclic) bond motifs is 10. The van der Waals surface area contributed by atoms with Crippen LogP contribution in [0.25, 0.3) is 78.9 Å². The minimum Gasteiger partial charge on any atom is -0.502 e. The van der Waals surface area contributed by atoms with E-state index >= 15 is 0 Å². The average molecular weight is 2060 g/mol. The van der Waals surface area contributed by atoms with E-state index in [-0.39, 0.29) is 72.4 Å². The zero-order valence-electron chi connectivity index (χ0n) is 80.7. The van der Waals surface area contributed by atoms with Gasteiger partial charge in [0.2, 0.25) is 27.2 Å². The highest BCUT2D eigenvalue weighted by Gasteiger charge is 2.60. The third kappa shape index (κ3) is 19.2. The Morgan fingerprint density at radius 3 is 1.48 bits per heavy atom. The Balaban J connectivity index is 0.000000108. The number of pyridine rings is 4. The van der Waals surface area contributed by atoms with Gasteiger partial charge in [-0.25, -0.2) is 37.5 Å². The summed E-state index contributed by atoms with van der Waals surface area (Å²) < 4.78 is 116. The van der Waals surface area contributed by atoms with Crippen LogP contribution in [-0.2, 0) is 6.54 Å². The first-order valence-corrected chi connectivity index (χ1v) is 48.7. The van der Waals surface area contributed by atoms with Crippen LogP contribution in [-0.4, -0.2) is 98.7 Å². The van der Waals surface area contributed by atoms with E-state index in [1.807, 2.05) is 220 Å². The van der Waals surface area contributed by atoms with Gasteiger partial charge in [0.15, 0.2) is 69.0 Å². The van der Waals surface area contributed by atoms with E-state index in [9.17, 15) is 27.5 Å². The van der Waals surface area contributed by atoms with Gasteiger partial charge in [0.25, 0.3) is 5.91 Å². The summed E-state index contributed by atoms with van der Waals surface area (Å²) in [6.45, 7) is 18.3. The number of methoxy groups -OCH3 is 1. The third-order valence-electron chi connectivity index (χ3n) is 27.1. The van der Waals surface area contributed by atoms with E-state index in [2.05, 4.69) is 94.6 Å². The molecule has 2 fully saturated rings. The number of halogens is 8. The second kappa shape index (κ2) is 40.0. The fourth-order valence-electron chi connectivity index (χ4n) is 19.7. The molecule has 6 N–H and O–H groups in total. The van der Waals surface area contributed by atoms with E-state index < -0.39 is 29.0 Å². The molecule has 26 nitrogen and oxygen atoms in total. The number of carbonyl (C=O) groups is 1. The van der Waals surface area contributed by atoms with Crippen molar-refractivity contribution in [2.75, 3.05) is 55.5 Å². The predicted octanol–water partition coefficient (Wildman–Crippen LogP) is 27.9. The Bertz CT molecular complexity index is 8270. The highest BCUT2D eigenvalue weighted by atomic mass is 35.5. The average Bonchev–Trinajstić information content (AvgIpc) is 1.55. The maximum Gasteiger partial charge on any atom is 0.272 e. The summed E-state index contributed by atoms with van der Waals surface area (Å²) in [6, 6.07) is 74.3. The summed E-state index contributed by atoms with van der Waals surface area (Å²) in [5.74, 6) is 5.86. The lowest BCUT2D eigenvalue weighted by atomic mass is 9.68. The lowest BCUT2D eigenvalue weighted by Gasteiger charge is -2.42. The number of phenols is 1. The smallest absolute Gasteiger partial charge is 0.272 e. The Morgan fingerprint density at radius 1 is 0.442 bits per heavy atom. The molecule has 2 aliphatic carbocycles. The summed E-state index contributed by atoms with van der Waals surface area (Å²) in [4.78, 5) is 32.2. The number of aromatic hydroxyl groups is 1. The number of benzene rings is 10. The summed E-state index contributed by atoms with van der Waals surface area (Å²) in [6.07, 6.45) is 9.27. The summed E-state index contributed by atoms with van der Waals surface area (Å²) >= 11 is 25.2. The van der Waals surface area contributed by atoms with Gasteiger partial charge >= 0.3 is 0 Å². The number of nitrogens with one attached hydrogen (secondary N) is 5. The number of phenolic OH excluding ortho intramolecular Hbond substituents is 1. The highest BCUT2D eigenvalue weighted by Crippen LogP contribution is 2.63. The zero-order chi connectivity index (χ0) is 102. The first-order chi connectivity index (χ1) is 71.0. The van der Waals surface area contributed by atoms with Crippen LogP contribution in [0.2, 0.25) is 20.1 Å². The number of nitrogens with zero attached hydrogens (tertiary/aromatic N) is 10. The lowest BCUT2D eigenvalue weighted by molar-refractivity contribution is 0.0732. The van der Waals surface area contributed by atoms with Crippen LogP contribution in [0, 0.1) is 74.6 Å². The van der Waals surface area contributed by atoms with Gasteiger partial charge in [-0.05, 0) is 251 Å². The Morgan fingerprint density at radius 2 is 0.939 bits per heavy atom. The van der Waals surface area contributed by atoms with Crippen LogP contribution < -0.4 is 69.2 Å². The molecular formula is C113H95Cl4F4N15O11. The molecule has 1 amide bonds. The minimum absolute atomic E-state index is 0.0345. The number of aryl methyl sites for hydroxylation is 5. The molecule has 6 aliphatic rings. The van der Waals surface area contributed by atoms with Crippen molar-refractivity contribution in [1.29, 1.82) is 0 Å². The van der Waals surface area contributed by atoms with Crippen molar-refractivity contribution in [3.05, 3.63) is 350 Å². The second-order valence-corrected chi connectivity index (χ2v) is 38.9. The van der Waals surface area contributed by atoms with Crippen LogP contribution in [0.4, 0.5) is 63.6 Å². The normalized spacial score (nSPS) is 15.4. The molecule has 0 saturated heterocycles. The van der Waals surface area contributed by atoms with Gasteiger partial charge in [-0.1, -0.05) is 139 Å². The molecule has 13 heterocycles. The Labute approximate surface area is 861 Å². The third-order valence-corrected chi connectivity index (χ3v) is 28.5. The van der Waals surface area contributed by atoms with E-state index in [0.717, 1.165) is 72.6 Å². The lowest BCUT2D eigenvalue weighted by Crippen LogP contribution is -2.52. The standard InChI is InChI=1S/C29H34ClN3O.C22H18FN3O4.2C21H15ClFN3O2.C20H13ClFN3O2/c1-18-6-8-20(9-7-18)17-33-25(21-10-11-23(30)19(2)14-21)15-24(32-33)26(34)31-27-28(3,4)22-12-13-29(27,5)16-22;1-12-5-6-26-19(7-12)25-20(13-8-15(23)21(27)18(9-13)28-2)22(26)24-14-3-4-16-17(10-14)30-11-29-16;1-12-4-3-9-26-20(12)25-19(18-14(22)5-2-6-15(18)23)21(26)24-13-7-8-16-17(10-13)28-11-27-16;1-12-4-2-7-18-25-20(19-14(22)5-3-6-15(19)23)21(26(12)18)24-13-8-9-16-17(10-13)28-11-27-16;21-13-4-3-5-14(22)18(13)19-20(25-9-2-1-6-17(25)24-19)23-12-7-8-15-16(10-12)27-11-26-15/h6-11,14-15,22,27H,12-13,16-17H2,1-5H3,(H,31,34);3-10,24,27H,11H2,1-2H3;2*2-10,24H,11H2,1H3;1-10,23H,11H2/t22-,27-,29+;;;;/m1..../s1. The molecule has 3 atom stereocenters. The second-order valence-electron chi connectivity index (χ2n) is 37.3. The monoisotopic (exact) mass is 2050 g/mol. The first-order valence-electron chi connectivity index (χ1n) is 47.2. The molecule has 9 aromatic heterocycles. The Kier molecular flexibility index (Phi) is 26.4. The molecule has 0 spiro atoms. The molecule has 25 rings (SSSR count). The van der Waals surface area contributed by atoms with Gasteiger partial charge in [-0.15, -0.1) is 0 Å². The van der Waals surface area contributed by atoms with Crippen LogP contribution in [0.5, 0.6) is 57.5 Å². The molecule has 0 radical (unpaired) electrons. The fraction of sp³-hybridized carbons (Fsp3) is 0.186. The predicted molar refractivity (Wildman–Crippen MR) is 561 cm³/mol. The number of hydrogen-bond donors (Lipinski definition) is 6. The number of aromatic nitrogens is 10. The van der Waals surface area contributed by atoms with Crippen molar-refractivity contribution in [2.45, 2.75) is 87.2 Å². The van der Waals surface area contributed by atoms with Crippen molar-refractivity contribution >= 4 is 121 Å². The maximum atomic E-state index is 14.7. The van der Waals surface area contributed by atoms with E-state index in [1.54, 1.807) is 42.5 Å². The van der Waals surface area contributed by atoms with Gasteiger partial charge in [0.1, 0.15) is 86.1 Å². The molecule has 19 aromatic rings. The molecular weight excluding hydrogens is 1960 g/mol. The first kappa shape index (κ1) is 96.8. The molecule has 0 unspecified atom stereocenters. The molecule has 744 valence electrons. The van der Waals surface area contributed by atoms with Gasteiger partial charge < -0.3 is 74.3 Å². The zero-order valence-corrected chi connectivity index (χ0v) is 83.8. The fourth-order valence-corrected chi connectivity index (χ4v) is 20.6. The van der Waals surface area contributed by atoms with Crippen molar-refractivity contribution in [2.24, 2.45) is 16.7 Å². The summed E-state index contributed by atoms with van der Waals surface area (Å²) in [5, 5.41) is 33.1. The topological polar surface area (TPSA) is 268 Å². The molecule has 147 heavy (non-hydrogen) atoms. The quantitative estimate of drug-likeness (QED) is 0.0436. The number of anilines is 8. The van der Waals surface area contributed by atoms with Crippen LogP contribution in [0.1, 0.15) is 84.0 Å². The number of hydrogen-bond acceptors (Lipinski definition) is 20. The Hall–Kier alpha value is -16.3. The van der Waals surface area contributed by atoms with Gasteiger partial charge in [-0.2, -0.15) is 5.10 Å². The number of amides is 1. The molecule has 10 aromatic carbocycles. The SMILES string of the molecule is COc1cc(-c2nc3cc(C)ccn3c2Nc2ccc3c(c2)OCO3)cc(F)c1O.Cc1ccc(Cn2nc(C(=O)N[C@@H]3C(C)(C)[C@@H]4CC[C@@]3(C)C4)cc2-c2ccc(Cl)c(C)c2)cc1.Cc1cccc2nc(-c3c(F)cccc3Cl)c(Nc3ccc4c(c3)OCO4)n12.Cc1cccn2c(Nc3ccc4c(c3)OCO4)c(-c3c(F)cccc3Cl)nc12.Fc1cccc(Cl)c1-c1nc2ccccn2c1Nc1ccc2c(c1)OCO2. The van der Waals surface area contributed by atoms with E-state index in [4.69, 9.17) is 104 Å². The molecule has 2 bridgehead atoms. The van der Waals surface area contributed by atoms with Crippen molar-refractivity contribution in [1.82, 2.24) is 52.6 Å². The molecule has 2 saturated carbocycles. The van der Waals surface area contributed by atoms with Crippen LogP contribution in [0.15, 0.2) is 267 Å². The van der Waals surface area contributed by atoms with Crippen molar-refractivity contribution in [3.63, 3.8) is 0 Å². The highest BCUT2D eigenvalue weighted by molar-refractivity contribution is 6.34. The largest absolute Gasteiger partial charge is 0.502 e. The van der Waals surface area contributed by atoms with Gasteiger partial charge in [-0.3, -0.25) is 27.1 Å². The maximum absolute atomic E-state index is 14.7. The number of rotatable bonds is 18. The van der Waals surface area contributed by atoms with Crippen molar-refractivity contribution < 1.29 is 70.1 Å². The summed E-state index contributed by atoms with van der Waals surface area (Å²) in [5.41, 5.74) is 17.9. The number of carbonyl (C=O) groups excluding carboxylic acids is 1. The summed E-state index contributed by atoms with van der Waals surface area (Å²) in [7, 11) is 1.37. The van der Waals surface area contributed by atoms with Gasteiger partial charge in [0.05, 0.1) is 51.1 Å². The number of ether oxygens (including phenoxy) is 9. The van der Waals surface area contributed by atoms with E-state index in [1.165, 1.54) is 56.2 Å².